The van der Waals surface area contributed by atoms with Gasteiger partial charge in [-0.2, -0.15) is 0 Å². The lowest BCUT2D eigenvalue weighted by Gasteiger charge is -2.36. The Bertz CT molecular complexity index is 344. The average Bonchev–Trinajstić information content (AvgIpc) is 2.38. The molecule has 0 aliphatic rings. The number of ether oxygens (including phenoxy) is 2. The first-order valence-corrected chi connectivity index (χ1v) is 7.31. The second kappa shape index (κ2) is 9.04. The second-order valence-electron chi connectivity index (χ2n) is 5.20. The van der Waals surface area contributed by atoms with Crippen LogP contribution < -0.4 is 0 Å². The van der Waals surface area contributed by atoms with Crippen molar-refractivity contribution in [2.75, 3.05) is 0 Å². The highest BCUT2D eigenvalue weighted by molar-refractivity contribution is 5.76. The Morgan fingerprint density at radius 1 is 1.00 bits per heavy atom. The zero-order valence-electron chi connectivity index (χ0n) is 13.4. The molecule has 0 spiro atoms. The molecule has 4 unspecified atom stereocenters. The summed E-state index contributed by atoms with van der Waals surface area (Å²) in [5, 5.41) is 38.9. The van der Waals surface area contributed by atoms with E-state index in [2.05, 4.69) is 0 Å². The molecule has 130 valence electrons. The first kappa shape index (κ1) is 20.8. The molecule has 0 radical (unpaired) electrons. The van der Waals surface area contributed by atoms with Crippen LogP contribution in [0.1, 0.15) is 47.0 Å². The number of rotatable bonds is 9. The van der Waals surface area contributed by atoms with E-state index < -0.39 is 42.1 Å². The van der Waals surface area contributed by atoms with E-state index >= 15 is 0 Å². The smallest absolute Gasteiger partial charge is 0.378 e. The van der Waals surface area contributed by atoms with Gasteiger partial charge in [0.05, 0.1) is 12.0 Å². The molecule has 0 saturated carbocycles. The molecule has 0 aliphatic carbocycles. The SMILES string of the molecule is CCCC(O)C(CC)C(O)(OC(=O)C(C)O)OC(=O)C(C)O. The van der Waals surface area contributed by atoms with Crippen LogP contribution in [0.2, 0.25) is 0 Å². The summed E-state index contributed by atoms with van der Waals surface area (Å²) >= 11 is 0. The van der Waals surface area contributed by atoms with Gasteiger partial charge in [-0.25, -0.2) is 9.59 Å². The highest BCUT2D eigenvalue weighted by Crippen LogP contribution is 2.30. The molecule has 0 heterocycles. The van der Waals surface area contributed by atoms with Crippen molar-refractivity contribution >= 4 is 11.9 Å². The van der Waals surface area contributed by atoms with Gasteiger partial charge in [-0.05, 0) is 26.7 Å². The largest absolute Gasteiger partial charge is 0.396 e. The molecule has 8 nitrogen and oxygen atoms in total. The standard InChI is InChI=1S/C14H26O8/c1-5-7-11(17)10(6-2)14(20,21-12(18)8(3)15)22-13(19)9(4)16/h8-11,15-17,20H,5-7H2,1-4H3. The summed E-state index contributed by atoms with van der Waals surface area (Å²) in [4.78, 5) is 23.1. The van der Waals surface area contributed by atoms with Gasteiger partial charge in [0, 0.05) is 0 Å². The number of carbonyl (C=O) groups excluding carboxylic acids is 2. The Balaban J connectivity index is 5.44. The van der Waals surface area contributed by atoms with Crippen LogP contribution in [0.15, 0.2) is 0 Å². The summed E-state index contributed by atoms with van der Waals surface area (Å²) in [5.74, 6) is -6.34. The van der Waals surface area contributed by atoms with E-state index in [1.165, 1.54) is 0 Å². The van der Waals surface area contributed by atoms with Crippen LogP contribution in [0.4, 0.5) is 0 Å². The number of hydrogen-bond donors (Lipinski definition) is 4. The van der Waals surface area contributed by atoms with Crippen molar-refractivity contribution in [2.45, 2.75) is 71.2 Å². The molecule has 0 aromatic heterocycles. The number of esters is 2. The minimum absolute atomic E-state index is 0.123. The summed E-state index contributed by atoms with van der Waals surface area (Å²) in [7, 11) is 0. The van der Waals surface area contributed by atoms with Crippen LogP contribution in [0.3, 0.4) is 0 Å². The second-order valence-corrected chi connectivity index (χ2v) is 5.20. The molecule has 0 saturated heterocycles. The Kier molecular flexibility index (Phi) is 8.54. The molecule has 8 heteroatoms. The first-order chi connectivity index (χ1) is 10.1. The van der Waals surface area contributed by atoms with E-state index in [9.17, 15) is 30.0 Å². The van der Waals surface area contributed by atoms with Crippen LogP contribution in [-0.4, -0.2) is 56.6 Å². The van der Waals surface area contributed by atoms with Crippen LogP contribution in [0.25, 0.3) is 0 Å². The number of aliphatic hydroxyl groups excluding tert-OH is 3. The maximum Gasteiger partial charge on any atom is 0.378 e. The molecule has 22 heavy (non-hydrogen) atoms. The molecule has 4 N–H and O–H groups in total. The highest BCUT2D eigenvalue weighted by Gasteiger charge is 2.48. The quantitative estimate of drug-likeness (QED) is 0.335. The van der Waals surface area contributed by atoms with Crippen molar-refractivity contribution in [2.24, 2.45) is 5.92 Å². The summed E-state index contributed by atoms with van der Waals surface area (Å²) < 4.78 is 9.39. The molecular weight excluding hydrogens is 296 g/mol. The summed E-state index contributed by atoms with van der Waals surface area (Å²) in [6.07, 6.45) is -3.24. The zero-order chi connectivity index (χ0) is 17.5. The van der Waals surface area contributed by atoms with E-state index in [0.29, 0.717) is 6.42 Å². The van der Waals surface area contributed by atoms with Gasteiger partial charge >= 0.3 is 17.9 Å². The monoisotopic (exact) mass is 322 g/mol. The summed E-state index contributed by atoms with van der Waals surface area (Å²) in [5.41, 5.74) is 0. The van der Waals surface area contributed by atoms with E-state index in [-0.39, 0.29) is 12.8 Å². The molecule has 0 aromatic rings. The third kappa shape index (κ3) is 5.88. The van der Waals surface area contributed by atoms with Gasteiger partial charge in [0.25, 0.3) is 0 Å². The van der Waals surface area contributed by atoms with Crippen LogP contribution in [-0.2, 0) is 19.1 Å². The minimum atomic E-state index is -2.77. The predicted molar refractivity (Wildman–Crippen MR) is 75.2 cm³/mol. The maximum atomic E-state index is 11.5. The summed E-state index contributed by atoms with van der Waals surface area (Å²) in [6.45, 7) is 5.63. The number of aliphatic hydroxyl groups is 4. The molecule has 0 aliphatic heterocycles. The molecule has 0 aromatic carbocycles. The normalized spacial score (nSPS) is 19.5. The van der Waals surface area contributed by atoms with Gasteiger partial charge in [0.15, 0.2) is 0 Å². The Labute approximate surface area is 129 Å². The van der Waals surface area contributed by atoms with Crippen molar-refractivity contribution in [3.05, 3.63) is 0 Å². The fourth-order valence-corrected chi connectivity index (χ4v) is 1.90. The van der Waals surface area contributed by atoms with Crippen LogP contribution in [0.5, 0.6) is 0 Å². The predicted octanol–water partition coefficient (Wildman–Crippen LogP) is -0.332. The molecule has 4 atom stereocenters. The molecule has 0 rings (SSSR count). The van der Waals surface area contributed by atoms with Crippen LogP contribution in [0, 0.1) is 5.92 Å². The van der Waals surface area contributed by atoms with Gasteiger partial charge < -0.3 is 29.9 Å². The number of carbonyl (C=O) groups is 2. The fourth-order valence-electron chi connectivity index (χ4n) is 1.90. The van der Waals surface area contributed by atoms with Crippen molar-refractivity contribution in [3.8, 4) is 0 Å². The lowest BCUT2D eigenvalue weighted by molar-refractivity contribution is -0.363. The van der Waals surface area contributed by atoms with Crippen molar-refractivity contribution < 1.29 is 39.5 Å². The van der Waals surface area contributed by atoms with Crippen molar-refractivity contribution in [1.82, 2.24) is 0 Å². The zero-order valence-corrected chi connectivity index (χ0v) is 13.4. The van der Waals surface area contributed by atoms with Gasteiger partial charge in [-0.3, -0.25) is 0 Å². The van der Waals surface area contributed by atoms with Crippen molar-refractivity contribution in [3.63, 3.8) is 0 Å². The molecule has 0 bridgehead atoms. The van der Waals surface area contributed by atoms with E-state index in [1.807, 2.05) is 0 Å². The lowest BCUT2D eigenvalue weighted by atomic mass is 9.93. The first-order valence-electron chi connectivity index (χ1n) is 7.31. The molecule has 0 fully saturated rings. The third-order valence-corrected chi connectivity index (χ3v) is 3.13. The van der Waals surface area contributed by atoms with E-state index in [1.54, 1.807) is 13.8 Å². The Hall–Kier alpha value is -1.22. The van der Waals surface area contributed by atoms with Gasteiger partial charge in [0.2, 0.25) is 0 Å². The summed E-state index contributed by atoms with van der Waals surface area (Å²) in [6, 6.07) is 0. The van der Waals surface area contributed by atoms with E-state index in [0.717, 1.165) is 13.8 Å². The number of hydrogen-bond acceptors (Lipinski definition) is 8. The van der Waals surface area contributed by atoms with Gasteiger partial charge in [0.1, 0.15) is 12.2 Å². The molecule has 0 amide bonds. The van der Waals surface area contributed by atoms with Crippen molar-refractivity contribution in [1.29, 1.82) is 0 Å². The third-order valence-electron chi connectivity index (χ3n) is 3.13. The highest BCUT2D eigenvalue weighted by atomic mass is 16.8. The lowest BCUT2D eigenvalue weighted by Crippen LogP contribution is -2.53. The topological polar surface area (TPSA) is 134 Å². The van der Waals surface area contributed by atoms with E-state index in [4.69, 9.17) is 9.47 Å². The fraction of sp³-hybridized carbons (Fsp3) is 0.857. The maximum absolute atomic E-state index is 11.5. The van der Waals surface area contributed by atoms with Crippen LogP contribution >= 0.6 is 0 Å². The molecular formula is C14H26O8. The Morgan fingerprint density at radius 3 is 1.68 bits per heavy atom. The van der Waals surface area contributed by atoms with Gasteiger partial charge in [-0.1, -0.05) is 20.3 Å². The van der Waals surface area contributed by atoms with Gasteiger partial charge in [-0.15, -0.1) is 0 Å². The Morgan fingerprint density at radius 2 is 1.41 bits per heavy atom. The minimum Gasteiger partial charge on any atom is -0.396 e. The average molecular weight is 322 g/mol.